The summed E-state index contributed by atoms with van der Waals surface area (Å²) >= 11 is 0. The van der Waals surface area contributed by atoms with Crippen molar-refractivity contribution in [1.82, 2.24) is 5.32 Å². The van der Waals surface area contributed by atoms with E-state index in [1.807, 2.05) is 45.0 Å². The summed E-state index contributed by atoms with van der Waals surface area (Å²) in [6.45, 7) is 5.80. The van der Waals surface area contributed by atoms with Crippen LogP contribution in [0.25, 0.3) is 5.57 Å². The number of nitrogens with one attached hydrogen (secondary N) is 2. The number of carbonyl (C=O) groups excluding carboxylic acids is 1. The predicted octanol–water partition coefficient (Wildman–Crippen LogP) is 2.66. The van der Waals surface area contributed by atoms with Crippen molar-refractivity contribution in [2.75, 3.05) is 0 Å². The van der Waals surface area contributed by atoms with E-state index in [2.05, 4.69) is 5.32 Å². The number of amides is 1. The Morgan fingerprint density at radius 1 is 1.45 bits per heavy atom. The monoisotopic (exact) mass is 275 g/mol. The summed E-state index contributed by atoms with van der Waals surface area (Å²) in [5.74, 6) is 0. The first-order chi connectivity index (χ1) is 9.35. The fraction of sp³-hybridized carbons (Fsp3) is 0.333. The molecule has 0 aromatic heterocycles. The predicted molar refractivity (Wildman–Crippen MR) is 80.5 cm³/mol. The average Bonchev–Trinajstić information content (AvgIpc) is 2.36. The fourth-order valence-corrected chi connectivity index (χ4v) is 1.58. The van der Waals surface area contributed by atoms with Crippen LogP contribution in [-0.4, -0.2) is 17.9 Å². The largest absolute Gasteiger partial charge is 0.444 e. The lowest BCUT2D eigenvalue weighted by Gasteiger charge is -2.19. The van der Waals surface area contributed by atoms with Gasteiger partial charge in [-0.25, -0.2) is 4.79 Å². The molecule has 5 heteroatoms. The Kier molecular flexibility index (Phi) is 5.32. The van der Waals surface area contributed by atoms with E-state index >= 15 is 0 Å². The molecule has 0 aliphatic rings. The maximum absolute atomic E-state index is 11.6. The number of carbonyl (C=O) groups is 1. The Balaban J connectivity index is 2.68. The van der Waals surface area contributed by atoms with Crippen molar-refractivity contribution in [1.29, 1.82) is 5.41 Å². The minimum Gasteiger partial charge on any atom is -0.444 e. The summed E-state index contributed by atoms with van der Waals surface area (Å²) in [6, 6.07) is 7.48. The van der Waals surface area contributed by atoms with E-state index in [4.69, 9.17) is 15.9 Å². The number of ether oxygens (including phenoxy) is 1. The first kappa shape index (κ1) is 15.8. The van der Waals surface area contributed by atoms with Crippen LogP contribution >= 0.6 is 0 Å². The third-order valence-corrected chi connectivity index (χ3v) is 2.43. The molecule has 0 radical (unpaired) electrons. The lowest BCUT2D eigenvalue weighted by molar-refractivity contribution is 0.0523. The molecule has 5 nitrogen and oxygen atoms in total. The first-order valence-corrected chi connectivity index (χ1v) is 6.34. The molecule has 4 N–H and O–H groups in total. The Hall–Kier alpha value is -2.30. The molecule has 1 aromatic rings. The molecule has 0 saturated heterocycles. The minimum absolute atomic E-state index is 0.360. The molecule has 20 heavy (non-hydrogen) atoms. The third-order valence-electron chi connectivity index (χ3n) is 2.43. The molecule has 108 valence electrons. The van der Waals surface area contributed by atoms with Crippen molar-refractivity contribution >= 4 is 17.9 Å². The molecule has 0 aliphatic heterocycles. The van der Waals surface area contributed by atoms with Gasteiger partial charge in [0, 0.05) is 24.5 Å². The Morgan fingerprint density at radius 3 is 2.70 bits per heavy atom. The van der Waals surface area contributed by atoms with Crippen molar-refractivity contribution in [3.8, 4) is 0 Å². The molecule has 0 spiro atoms. The molecular weight excluding hydrogens is 254 g/mol. The second kappa shape index (κ2) is 6.75. The van der Waals surface area contributed by atoms with Crippen LogP contribution in [-0.2, 0) is 11.3 Å². The number of nitrogens with two attached hydrogens (primary N) is 1. The maximum atomic E-state index is 11.6. The van der Waals surface area contributed by atoms with Gasteiger partial charge in [-0.05, 0) is 38.0 Å². The maximum Gasteiger partial charge on any atom is 0.407 e. The van der Waals surface area contributed by atoms with Crippen LogP contribution in [0.15, 0.2) is 30.5 Å². The van der Waals surface area contributed by atoms with Crippen LogP contribution in [0.1, 0.15) is 31.9 Å². The van der Waals surface area contributed by atoms with E-state index in [0.717, 1.165) is 11.1 Å². The van der Waals surface area contributed by atoms with Gasteiger partial charge in [-0.1, -0.05) is 18.2 Å². The number of benzene rings is 1. The molecule has 0 atom stereocenters. The third kappa shape index (κ3) is 5.14. The Bertz CT molecular complexity index is 516. The van der Waals surface area contributed by atoms with Gasteiger partial charge < -0.3 is 21.2 Å². The quantitative estimate of drug-likeness (QED) is 0.738. The number of hydrogen-bond acceptors (Lipinski definition) is 4. The highest BCUT2D eigenvalue weighted by Gasteiger charge is 2.15. The van der Waals surface area contributed by atoms with Gasteiger partial charge in [-0.3, -0.25) is 0 Å². The lowest BCUT2D eigenvalue weighted by Crippen LogP contribution is -2.32. The molecule has 1 rings (SSSR count). The lowest BCUT2D eigenvalue weighted by atomic mass is 10.0. The SMILES string of the molecule is CC(C)(C)OC(=O)NCc1cccc(/C(C=N)=C/N)c1. The Labute approximate surface area is 119 Å². The highest BCUT2D eigenvalue weighted by Crippen LogP contribution is 2.13. The van der Waals surface area contributed by atoms with Gasteiger partial charge in [0.2, 0.25) is 0 Å². The molecule has 1 aromatic carbocycles. The molecular formula is C15H21N3O2. The Morgan fingerprint density at radius 2 is 2.15 bits per heavy atom. The smallest absolute Gasteiger partial charge is 0.407 e. The molecule has 0 aliphatic carbocycles. The van der Waals surface area contributed by atoms with Crippen molar-refractivity contribution < 1.29 is 9.53 Å². The molecule has 0 bridgehead atoms. The van der Waals surface area contributed by atoms with Gasteiger partial charge in [0.15, 0.2) is 0 Å². The normalized spacial score (nSPS) is 11.8. The number of allylic oxidation sites excluding steroid dienone is 1. The molecule has 1 amide bonds. The average molecular weight is 275 g/mol. The summed E-state index contributed by atoms with van der Waals surface area (Å²) < 4.78 is 5.16. The topological polar surface area (TPSA) is 88.2 Å². The molecule has 0 fully saturated rings. The van der Waals surface area contributed by atoms with Crippen LogP contribution in [0.2, 0.25) is 0 Å². The second-order valence-electron chi connectivity index (χ2n) is 5.32. The van der Waals surface area contributed by atoms with E-state index in [-0.39, 0.29) is 0 Å². The van der Waals surface area contributed by atoms with Crippen LogP contribution in [0.5, 0.6) is 0 Å². The van der Waals surface area contributed by atoms with Gasteiger partial charge in [0.1, 0.15) is 5.60 Å². The standard InChI is InChI=1S/C15H21N3O2/c1-15(2,3)20-14(19)18-10-11-5-4-6-12(7-11)13(8-16)9-17/h4-9,16H,10,17H2,1-3H3,(H,18,19)/b13-9+,16-8?. The van der Waals surface area contributed by atoms with Crippen LogP contribution in [0.3, 0.4) is 0 Å². The van der Waals surface area contributed by atoms with Crippen molar-refractivity contribution in [2.24, 2.45) is 5.73 Å². The van der Waals surface area contributed by atoms with Crippen LogP contribution in [0, 0.1) is 5.41 Å². The van der Waals surface area contributed by atoms with E-state index in [9.17, 15) is 4.79 Å². The van der Waals surface area contributed by atoms with Crippen molar-refractivity contribution in [3.63, 3.8) is 0 Å². The molecule has 0 saturated carbocycles. The van der Waals surface area contributed by atoms with Crippen LogP contribution < -0.4 is 11.1 Å². The minimum atomic E-state index is -0.512. The van der Waals surface area contributed by atoms with Gasteiger partial charge in [0.25, 0.3) is 0 Å². The number of alkyl carbamates (subject to hydrolysis) is 1. The zero-order valence-corrected chi connectivity index (χ0v) is 12.1. The fourth-order valence-electron chi connectivity index (χ4n) is 1.58. The number of rotatable bonds is 4. The van der Waals surface area contributed by atoms with Gasteiger partial charge in [0.05, 0.1) is 0 Å². The van der Waals surface area contributed by atoms with E-state index < -0.39 is 11.7 Å². The number of hydrogen-bond donors (Lipinski definition) is 3. The first-order valence-electron chi connectivity index (χ1n) is 6.34. The van der Waals surface area contributed by atoms with Gasteiger partial charge in [-0.2, -0.15) is 0 Å². The van der Waals surface area contributed by atoms with Gasteiger partial charge in [-0.15, -0.1) is 0 Å². The highest BCUT2D eigenvalue weighted by molar-refractivity contribution is 6.08. The summed E-state index contributed by atoms with van der Waals surface area (Å²) in [4.78, 5) is 11.6. The molecule has 0 unspecified atom stereocenters. The summed E-state index contributed by atoms with van der Waals surface area (Å²) in [6.07, 6.45) is 2.12. The highest BCUT2D eigenvalue weighted by atomic mass is 16.6. The van der Waals surface area contributed by atoms with E-state index in [1.165, 1.54) is 12.4 Å². The summed E-state index contributed by atoms with van der Waals surface area (Å²) in [5.41, 5.74) is 7.32. The van der Waals surface area contributed by atoms with Crippen molar-refractivity contribution in [2.45, 2.75) is 32.9 Å². The summed E-state index contributed by atoms with van der Waals surface area (Å²) in [5, 5.41) is 9.96. The second-order valence-corrected chi connectivity index (χ2v) is 5.32. The zero-order chi connectivity index (χ0) is 15.2. The van der Waals surface area contributed by atoms with E-state index in [1.54, 1.807) is 0 Å². The van der Waals surface area contributed by atoms with Crippen LogP contribution in [0.4, 0.5) is 4.79 Å². The van der Waals surface area contributed by atoms with Crippen molar-refractivity contribution in [3.05, 3.63) is 41.6 Å². The van der Waals surface area contributed by atoms with E-state index in [0.29, 0.717) is 12.1 Å². The summed E-state index contributed by atoms with van der Waals surface area (Å²) in [7, 11) is 0. The zero-order valence-electron chi connectivity index (χ0n) is 12.1. The molecule has 0 heterocycles. The van der Waals surface area contributed by atoms with Gasteiger partial charge >= 0.3 is 6.09 Å².